The molecule has 0 saturated carbocycles. The van der Waals surface area contributed by atoms with Gasteiger partial charge in [-0.15, -0.1) is 0 Å². The van der Waals surface area contributed by atoms with Crippen LogP contribution in [0.4, 0.5) is 5.82 Å². The van der Waals surface area contributed by atoms with Crippen LogP contribution in [-0.2, 0) is 16.1 Å². The van der Waals surface area contributed by atoms with Crippen LogP contribution in [0.1, 0.15) is 16.7 Å². The van der Waals surface area contributed by atoms with E-state index in [0.717, 1.165) is 11.1 Å². The molecule has 0 unspecified atom stereocenters. The van der Waals surface area contributed by atoms with E-state index >= 15 is 0 Å². The number of thiocarbonyl (C=S) groups is 1. The first kappa shape index (κ1) is 23.0. The van der Waals surface area contributed by atoms with E-state index in [4.69, 9.17) is 31.4 Å². The Hall–Kier alpha value is -3.41. The summed E-state index contributed by atoms with van der Waals surface area (Å²) in [6.45, 7) is 4.72. The number of fused-ring (bicyclic) bond motifs is 2. The Morgan fingerprint density at radius 1 is 1.11 bits per heavy atom. The molecule has 3 aromatic rings. The van der Waals surface area contributed by atoms with Crippen molar-refractivity contribution >= 4 is 51.7 Å². The normalized spacial score (nSPS) is 18.6. The summed E-state index contributed by atoms with van der Waals surface area (Å²) in [5, 5.41) is 0. The van der Waals surface area contributed by atoms with Crippen LogP contribution < -0.4 is 19.9 Å². The monoisotopic (exact) mass is 522 g/mol. The zero-order valence-corrected chi connectivity index (χ0v) is 21.1. The van der Waals surface area contributed by atoms with Crippen molar-refractivity contribution in [1.82, 2.24) is 14.3 Å². The number of anilines is 1. The van der Waals surface area contributed by atoms with E-state index < -0.39 is 0 Å². The van der Waals surface area contributed by atoms with Gasteiger partial charge < -0.3 is 19.1 Å². The summed E-state index contributed by atoms with van der Waals surface area (Å²) in [5.41, 5.74) is 2.50. The highest BCUT2D eigenvalue weighted by atomic mass is 32.2. The van der Waals surface area contributed by atoms with Gasteiger partial charge in [-0.1, -0.05) is 36.1 Å². The van der Waals surface area contributed by atoms with E-state index in [0.29, 0.717) is 70.6 Å². The summed E-state index contributed by atoms with van der Waals surface area (Å²) in [7, 11) is 0. The molecule has 5 heterocycles. The number of carbonyl (C=O) groups excluding carboxylic acids is 1. The highest BCUT2D eigenvalue weighted by Gasteiger charge is 2.33. The smallest absolute Gasteiger partial charge is 0.267 e. The first-order chi connectivity index (χ1) is 17.5. The number of carbonyl (C=O) groups is 1. The van der Waals surface area contributed by atoms with Gasteiger partial charge in [-0.2, -0.15) is 0 Å². The van der Waals surface area contributed by atoms with E-state index in [1.165, 1.54) is 21.1 Å². The maximum absolute atomic E-state index is 13.6. The van der Waals surface area contributed by atoms with Gasteiger partial charge in [0.2, 0.25) is 6.79 Å². The average molecular weight is 523 g/mol. The number of hydrogen-bond donors (Lipinski definition) is 0. The summed E-state index contributed by atoms with van der Waals surface area (Å²) in [6, 6.07) is 9.31. The van der Waals surface area contributed by atoms with E-state index in [2.05, 4.69) is 0 Å². The minimum absolute atomic E-state index is 0.183. The lowest BCUT2D eigenvalue weighted by atomic mass is 10.2. The van der Waals surface area contributed by atoms with Crippen molar-refractivity contribution in [1.29, 1.82) is 0 Å². The van der Waals surface area contributed by atoms with Gasteiger partial charge >= 0.3 is 0 Å². The van der Waals surface area contributed by atoms with Gasteiger partial charge in [0.1, 0.15) is 15.8 Å². The van der Waals surface area contributed by atoms with Crippen LogP contribution in [0.2, 0.25) is 0 Å². The van der Waals surface area contributed by atoms with Crippen molar-refractivity contribution in [2.75, 3.05) is 38.0 Å². The van der Waals surface area contributed by atoms with Gasteiger partial charge in [0.05, 0.1) is 30.2 Å². The lowest BCUT2D eigenvalue weighted by Crippen LogP contribution is -2.38. The molecule has 2 fully saturated rings. The van der Waals surface area contributed by atoms with Gasteiger partial charge in [-0.25, -0.2) is 4.98 Å². The molecule has 0 N–H and O–H groups in total. The third kappa shape index (κ3) is 4.12. The molecule has 11 heteroatoms. The molecule has 1 amide bonds. The van der Waals surface area contributed by atoms with E-state index in [-0.39, 0.29) is 18.3 Å². The Morgan fingerprint density at radius 3 is 2.75 bits per heavy atom. The number of aromatic nitrogens is 2. The lowest BCUT2D eigenvalue weighted by Gasteiger charge is -2.29. The maximum atomic E-state index is 13.6. The lowest BCUT2D eigenvalue weighted by molar-refractivity contribution is -0.122. The SMILES string of the molecule is Cc1ccc2nc(N3CCOCC3)c(/C=C3\SC(=S)N(Cc4ccc5c(c4)OCO5)C3=O)c(=O)n2c1. The van der Waals surface area contributed by atoms with E-state index in [1.54, 1.807) is 12.3 Å². The largest absolute Gasteiger partial charge is 0.454 e. The van der Waals surface area contributed by atoms with Crippen LogP contribution >= 0.6 is 24.0 Å². The Morgan fingerprint density at radius 2 is 1.92 bits per heavy atom. The quantitative estimate of drug-likeness (QED) is 0.379. The van der Waals surface area contributed by atoms with Crippen molar-refractivity contribution in [3.8, 4) is 11.5 Å². The van der Waals surface area contributed by atoms with Gasteiger partial charge in [0.15, 0.2) is 11.5 Å². The fraction of sp³-hybridized carbons (Fsp3) is 0.280. The van der Waals surface area contributed by atoms with Gasteiger partial charge in [0, 0.05) is 19.3 Å². The summed E-state index contributed by atoms with van der Waals surface area (Å²) < 4.78 is 18.3. The molecule has 36 heavy (non-hydrogen) atoms. The molecular weight excluding hydrogens is 500 g/mol. The molecule has 2 saturated heterocycles. The summed E-state index contributed by atoms with van der Waals surface area (Å²) in [6.07, 6.45) is 3.39. The second kappa shape index (κ2) is 9.23. The first-order valence-corrected chi connectivity index (χ1v) is 12.7. The minimum Gasteiger partial charge on any atom is -0.454 e. The number of aryl methyl sites for hydroxylation is 1. The molecule has 3 aliphatic rings. The Labute approximate surface area is 216 Å². The van der Waals surface area contributed by atoms with Gasteiger partial charge in [-0.3, -0.25) is 18.9 Å². The predicted molar refractivity (Wildman–Crippen MR) is 141 cm³/mol. The molecule has 0 aliphatic carbocycles. The molecule has 6 rings (SSSR count). The van der Waals surface area contributed by atoms with Crippen LogP contribution in [0.25, 0.3) is 11.7 Å². The number of thioether (sulfide) groups is 1. The number of ether oxygens (including phenoxy) is 3. The van der Waals surface area contributed by atoms with Crippen molar-refractivity contribution in [2.24, 2.45) is 0 Å². The third-order valence-corrected chi connectivity index (χ3v) is 7.60. The summed E-state index contributed by atoms with van der Waals surface area (Å²) in [5.74, 6) is 1.63. The second-order valence-corrected chi connectivity index (χ2v) is 10.3. The fourth-order valence-electron chi connectivity index (χ4n) is 4.38. The predicted octanol–water partition coefficient (Wildman–Crippen LogP) is 2.97. The van der Waals surface area contributed by atoms with Crippen LogP contribution in [-0.4, -0.2) is 57.6 Å². The van der Waals surface area contributed by atoms with Gasteiger partial charge in [-0.05, 0) is 42.3 Å². The molecule has 9 nitrogen and oxygen atoms in total. The maximum Gasteiger partial charge on any atom is 0.267 e. The topological polar surface area (TPSA) is 85.6 Å². The number of pyridine rings is 1. The number of morpholine rings is 1. The molecule has 184 valence electrons. The Kier molecular flexibility index (Phi) is 5.90. The van der Waals surface area contributed by atoms with Crippen LogP contribution in [0.15, 0.2) is 46.2 Å². The Balaban J connectivity index is 1.38. The number of nitrogens with zero attached hydrogens (tertiary/aromatic N) is 4. The van der Waals surface area contributed by atoms with Crippen LogP contribution in [0.3, 0.4) is 0 Å². The van der Waals surface area contributed by atoms with Crippen LogP contribution in [0.5, 0.6) is 11.5 Å². The van der Waals surface area contributed by atoms with E-state index in [9.17, 15) is 9.59 Å². The summed E-state index contributed by atoms with van der Waals surface area (Å²) >= 11 is 6.73. The van der Waals surface area contributed by atoms with Crippen molar-refractivity contribution < 1.29 is 19.0 Å². The molecule has 1 aromatic carbocycles. The number of rotatable bonds is 4. The molecule has 3 aliphatic heterocycles. The second-order valence-electron chi connectivity index (χ2n) is 8.64. The van der Waals surface area contributed by atoms with Crippen LogP contribution in [0, 0.1) is 6.92 Å². The zero-order valence-electron chi connectivity index (χ0n) is 19.4. The molecule has 0 spiro atoms. The Bertz CT molecular complexity index is 1500. The van der Waals surface area contributed by atoms with Crippen molar-refractivity contribution in [2.45, 2.75) is 13.5 Å². The molecule has 0 radical (unpaired) electrons. The zero-order chi connectivity index (χ0) is 24.8. The standard InChI is InChI=1S/C25H22N4O5S2/c1-15-2-5-21-26-22(27-6-8-32-9-7-27)17(23(30)28(21)12-15)11-20-24(31)29(25(35)36-20)13-16-3-4-18-19(10-16)34-14-33-18/h2-5,10-12H,6-9,13-14H2,1H3/b20-11-. The van der Waals surface area contributed by atoms with Gasteiger partial charge in [0.25, 0.3) is 11.5 Å². The number of benzene rings is 1. The number of amides is 1. The van der Waals surface area contributed by atoms with Crippen molar-refractivity contribution in [3.63, 3.8) is 0 Å². The molecule has 0 atom stereocenters. The third-order valence-electron chi connectivity index (χ3n) is 6.22. The minimum atomic E-state index is -0.246. The highest BCUT2D eigenvalue weighted by Crippen LogP contribution is 2.37. The summed E-state index contributed by atoms with van der Waals surface area (Å²) in [4.78, 5) is 35.8. The van der Waals surface area contributed by atoms with Crippen molar-refractivity contribution in [3.05, 3.63) is 68.5 Å². The first-order valence-electron chi connectivity index (χ1n) is 11.5. The average Bonchev–Trinajstić information content (AvgIpc) is 3.46. The molecule has 2 aromatic heterocycles. The fourth-order valence-corrected chi connectivity index (χ4v) is 5.62. The molecule has 0 bridgehead atoms. The highest BCUT2D eigenvalue weighted by molar-refractivity contribution is 8.26. The number of hydrogen-bond acceptors (Lipinski definition) is 9. The van der Waals surface area contributed by atoms with E-state index in [1.807, 2.05) is 42.2 Å². The molecular formula is C25H22N4O5S2.